The molecule has 0 saturated heterocycles. The number of rotatable bonds is 7. The summed E-state index contributed by atoms with van der Waals surface area (Å²) in [6.07, 6.45) is 5.35. The third kappa shape index (κ3) is 4.69. The first kappa shape index (κ1) is 24.6. The Labute approximate surface area is 201 Å². The van der Waals surface area contributed by atoms with Gasteiger partial charge in [0.15, 0.2) is 5.65 Å². The van der Waals surface area contributed by atoms with E-state index in [9.17, 15) is 16.8 Å². The summed E-state index contributed by atoms with van der Waals surface area (Å²) in [4.78, 5) is 11.1. The van der Waals surface area contributed by atoms with Crippen molar-refractivity contribution in [3.63, 3.8) is 0 Å². The number of aryl methyl sites for hydroxylation is 1. The second-order valence-corrected chi connectivity index (χ2v) is 13.0. The van der Waals surface area contributed by atoms with E-state index in [1.165, 1.54) is 23.5 Å². The van der Waals surface area contributed by atoms with Crippen LogP contribution in [0.2, 0.25) is 0 Å². The number of nitrogens with zero attached hydrogens (tertiary/aromatic N) is 4. The number of fused-ring (bicyclic) bond motifs is 1. The number of sulfonamides is 1. The van der Waals surface area contributed by atoms with Gasteiger partial charge in [-0.15, -0.1) is 0 Å². The van der Waals surface area contributed by atoms with Crippen LogP contribution in [0.25, 0.3) is 11.0 Å². The van der Waals surface area contributed by atoms with Gasteiger partial charge in [0.1, 0.15) is 12.1 Å². The molecule has 0 radical (unpaired) electrons. The van der Waals surface area contributed by atoms with Crippen molar-refractivity contribution in [1.82, 2.24) is 18.7 Å². The van der Waals surface area contributed by atoms with Crippen LogP contribution in [0.3, 0.4) is 0 Å². The highest BCUT2D eigenvalue weighted by Gasteiger charge is 2.33. The molecule has 34 heavy (non-hydrogen) atoms. The molecule has 1 unspecified atom stereocenters. The number of hydrogen-bond acceptors (Lipinski definition) is 7. The topological polar surface area (TPSA) is 114 Å². The Morgan fingerprint density at radius 1 is 1.09 bits per heavy atom. The van der Waals surface area contributed by atoms with Gasteiger partial charge in [-0.3, -0.25) is 0 Å². The Kier molecular flexibility index (Phi) is 6.71. The summed E-state index contributed by atoms with van der Waals surface area (Å²) in [5.74, 6) is 1.17. The maximum absolute atomic E-state index is 13.3. The van der Waals surface area contributed by atoms with Gasteiger partial charge in [0.2, 0.25) is 10.0 Å². The van der Waals surface area contributed by atoms with E-state index in [1.807, 2.05) is 14.0 Å². The van der Waals surface area contributed by atoms with Crippen LogP contribution in [0.1, 0.15) is 31.7 Å². The van der Waals surface area contributed by atoms with Crippen LogP contribution in [0.4, 0.5) is 5.82 Å². The highest BCUT2D eigenvalue weighted by molar-refractivity contribution is 7.90. The van der Waals surface area contributed by atoms with E-state index in [0.717, 1.165) is 24.8 Å². The van der Waals surface area contributed by atoms with E-state index >= 15 is 0 Å². The number of anilines is 1. The van der Waals surface area contributed by atoms with Crippen LogP contribution >= 0.6 is 0 Å². The Morgan fingerprint density at radius 3 is 2.44 bits per heavy atom. The van der Waals surface area contributed by atoms with Crippen LogP contribution < -0.4 is 9.62 Å². The highest BCUT2D eigenvalue weighted by Crippen LogP contribution is 2.36. The summed E-state index contributed by atoms with van der Waals surface area (Å²) in [6.45, 7) is 4.04. The lowest BCUT2D eigenvalue weighted by molar-refractivity contribution is 0.258. The van der Waals surface area contributed by atoms with Gasteiger partial charge < -0.3 is 4.90 Å². The zero-order valence-corrected chi connectivity index (χ0v) is 21.5. The fraction of sp³-hybridized carbons (Fsp3) is 0.478. The normalized spacial score (nSPS) is 21.6. The average molecular weight is 506 g/mol. The van der Waals surface area contributed by atoms with Crippen LogP contribution in [0.5, 0.6) is 0 Å². The second kappa shape index (κ2) is 9.27. The van der Waals surface area contributed by atoms with Crippen LogP contribution in [-0.2, 0) is 20.0 Å². The molecule has 1 fully saturated rings. The standard InChI is InChI=1S/C23H31N5O4S2/c1-16-5-8-19(9-6-16)34(31,32)28-12-11-20-22(25-15-26-23(20)28)27(4)21-10-7-18(13-17(21)2)14-33(29,30)24-3/h5-6,8-9,11-12,15,17-18,21,24H,7,10,13-14H2,1-4H3/t17-,18+,21?/m0/s1. The molecule has 3 atom stereocenters. The Morgan fingerprint density at radius 2 is 1.79 bits per heavy atom. The lowest BCUT2D eigenvalue weighted by Crippen LogP contribution is -2.43. The van der Waals surface area contributed by atoms with Crippen molar-refractivity contribution in [2.45, 2.75) is 44.0 Å². The number of benzene rings is 1. The van der Waals surface area contributed by atoms with Gasteiger partial charge in [0.05, 0.1) is 16.0 Å². The number of nitrogens with one attached hydrogen (secondary N) is 1. The summed E-state index contributed by atoms with van der Waals surface area (Å²) in [5.41, 5.74) is 1.31. The van der Waals surface area contributed by atoms with Crippen molar-refractivity contribution in [3.8, 4) is 0 Å². The van der Waals surface area contributed by atoms with E-state index in [2.05, 4.69) is 26.5 Å². The zero-order valence-electron chi connectivity index (χ0n) is 19.8. The molecule has 1 N–H and O–H groups in total. The fourth-order valence-corrected chi connectivity index (χ4v) is 7.37. The first-order valence-electron chi connectivity index (χ1n) is 11.3. The van der Waals surface area contributed by atoms with Gasteiger partial charge in [-0.2, -0.15) is 0 Å². The van der Waals surface area contributed by atoms with Crippen LogP contribution in [-0.4, -0.2) is 56.7 Å². The summed E-state index contributed by atoms with van der Waals surface area (Å²) in [5, 5.41) is 0.660. The van der Waals surface area contributed by atoms with Gasteiger partial charge >= 0.3 is 0 Å². The van der Waals surface area contributed by atoms with E-state index in [-0.39, 0.29) is 28.5 Å². The van der Waals surface area contributed by atoms with Crippen molar-refractivity contribution >= 4 is 36.9 Å². The molecule has 0 bridgehead atoms. The second-order valence-electron chi connectivity index (χ2n) is 9.18. The van der Waals surface area contributed by atoms with E-state index in [4.69, 9.17) is 0 Å². The first-order valence-corrected chi connectivity index (χ1v) is 14.4. The first-order chi connectivity index (χ1) is 16.0. The van der Waals surface area contributed by atoms with Crippen molar-refractivity contribution in [2.24, 2.45) is 11.8 Å². The molecule has 184 valence electrons. The van der Waals surface area contributed by atoms with Gasteiger partial charge in [-0.25, -0.2) is 35.5 Å². The monoisotopic (exact) mass is 505 g/mol. The van der Waals surface area contributed by atoms with E-state index in [0.29, 0.717) is 16.9 Å². The lowest BCUT2D eigenvalue weighted by atomic mass is 9.79. The predicted molar refractivity (Wildman–Crippen MR) is 133 cm³/mol. The van der Waals surface area contributed by atoms with Gasteiger partial charge in [0.25, 0.3) is 10.0 Å². The van der Waals surface area contributed by atoms with Crippen LogP contribution in [0, 0.1) is 18.8 Å². The maximum Gasteiger partial charge on any atom is 0.269 e. The quantitative estimate of drug-likeness (QED) is 0.525. The molecule has 1 aromatic carbocycles. The molecule has 11 heteroatoms. The fourth-order valence-electron chi connectivity index (χ4n) is 4.98. The number of hydrogen-bond donors (Lipinski definition) is 1. The Bertz CT molecular complexity index is 1380. The molecule has 1 aliphatic carbocycles. The minimum atomic E-state index is -3.80. The molecule has 1 saturated carbocycles. The molecule has 3 aromatic rings. The van der Waals surface area contributed by atoms with Crippen molar-refractivity contribution < 1.29 is 16.8 Å². The molecule has 9 nitrogen and oxygen atoms in total. The summed E-state index contributed by atoms with van der Waals surface area (Å²) in [7, 11) is -3.64. The molecule has 0 spiro atoms. The molecular weight excluding hydrogens is 474 g/mol. The molecule has 2 heterocycles. The smallest absolute Gasteiger partial charge is 0.269 e. The third-order valence-corrected chi connectivity index (χ3v) is 10.0. The lowest BCUT2D eigenvalue weighted by Gasteiger charge is -2.40. The zero-order chi connectivity index (χ0) is 24.7. The maximum atomic E-state index is 13.3. The predicted octanol–water partition coefficient (Wildman–Crippen LogP) is 2.77. The SMILES string of the molecule is CNS(=O)(=O)C[C@@H]1CCC(N(C)c2ncnc3c2ccn3S(=O)(=O)c2ccc(C)cc2)[C@@H](C)C1. The van der Waals surface area contributed by atoms with Crippen molar-refractivity contribution in [1.29, 1.82) is 0 Å². The van der Waals surface area contributed by atoms with Crippen LogP contribution in [0.15, 0.2) is 47.8 Å². The molecule has 1 aliphatic rings. The van der Waals surface area contributed by atoms with Crippen molar-refractivity contribution in [2.75, 3.05) is 24.7 Å². The van der Waals surface area contributed by atoms with Crippen molar-refractivity contribution in [3.05, 3.63) is 48.4 Å². The van der Waals surface area contributed by atoms with Gasteiger partial charge in [-0.05, 0) is 63.3 Å². The van der Waals surface area contributed by atoms with Gasteiger partial charge in [-0.1, -0.05) is 24.6 Å². The molecular formula is C23H31N5O4S2. The molecule has 0 aliphatic heterocycles. The minimum Gasteiger partial charge on any atom is -0.356 e. The Balaban J connectivity index is 1.61. The molecule has 4 rings (SSSR count). The third-order valence-electron chi connectivity index (χ3n) is 6.84. The summed E-state index contributed by atoms with van der Waals surface area (Å²) < 4.78 is 54.1. The summed E-state index contributed by atoms with van der Waals surface area (Å²) in [6, 6.07) is 8.63. The average Bonchev–Trinajstić information content (AvgIpc) is 3.24. The minimum absolute atomic E-state index is 0.114. The highest BCUT2D eigenvalue weighted by atomic mass is 32.2. The molecule has 2 aromatic heterocycles. The number of aromatic nitrogens is 3. The Hall–Kier alpha value is -2.50. The summed E-state index contributed by atoms with van der Waals surface area (Å²) >= 11 is 0. The van der Waals surface area contributed by atoms with E-state index in [1.54, 1.807) is 30.3 Å². The van der Waals surface area contributed by atoms with Gasteiger partial charge in [0, 0.05) is 19.3 Å². The largest absolute Gasteiger partial charge is 0.356 e. The van der Waals surface area contributed by atoms with E-state index < -0.39 is 20.0 Å². The molecule has 0 amide bonds.